The van der Waals surface area contributed by atoms with Crippen LogP contribution in [0.3, 0.4) is 0 Å². The molecule has 3 aromatic carbocycles. The van der Waals surface area contributed by atoms with Gasteiger partial charge in [-0.3, -0.25) is 14.5 Å². The van der Waals surface area contributed by atoms with Crippen molar-refractivity contribution in [2.45, 2.75) is 42.6 Å². The van der Waals surface area contributed by atoms with Gasteiger partial charge in [-0.25, -0.2) is 4.39 Å². The quantitative estimate of drug-likeness (QED) is 0.153. The maximum absolute atomic E-state index is 16.0. The molecule has 12 heteroatoms. The van der Waals surface area contributed by atoms with E-state index in [-0.39, 0.29) is 15.4 Å². The van der Waals surface area contributed by atoms with E-state index in [1.54, 1.807) is 61.5 Å². The monoisotopic (exact) mass is 719 g/mol. The summed E-state index contributed by atoms with van der Waals surface area (Å²) in [5, 5.41) is 0.966. The molecule has 0 saturated carbocycles. The lowest BCUT2D eigenvalue weighted by Gasteiger charge is -2.44. The zero-order valence-electron chi connectivity index (χ0n) is 23.7. The van der Waals surface area contributed by atoms with Crippen molar-refractivity contribution < 1.29 is 23.5 Å². The second-order valence-corrected chi connectivity index (χ2v) is 17.2. The second-order valence-electron chi connectivity index (χ2n) is 9.89. The van der Waals surface area contributed by atoms with Crippen LogP contribution in [-0.4, -0.2) is 59.1 Å². The molecule has 6 radical (unpaired) electrons. The number of carbonyl (C=O) groups excluding carboxylic acids is 2. The van der Waals surface area contributed by atoms with Gasteiger partial charge in [0.05, 0.1) is 29.7 Å². The van der Waals surface area contributed by atoms with E-state index in [0.717, 1.165) is 0 Å². The molecular formula is C30H29BrCl2FNO4Si3. The highest BCUT2D eigenvalue weighted by atomic mass is 79.9. The molecule has 0 saturated heterocycles. The van der Waals surface area contributed by atoms with Crippen LogP contribution in [-0.2, 0) is 20.0 Å². The molecule has 0 N–H and O–H groups in total. The number of ether oxygens (including phenoxy) is 2. The molecule has 4 rings (SSSR count). The van der Waals surface area contributed by atoms with Gasteiger partial charge in [0.25, 0.3) is 5.91 Å². The Morgan fingerprint density at radius 2 is 1.57 bits per heavy atom. The van der Waals surface area contributed by atoms with Crippen LogP contribution in [0.25, 0.3) is 0 Å². The summed E-state index contributed by atoms with van der Waals surface area (Å²) in [4.78, 5) is 29.7. The van der Waals surface area contributed by atoms with Gasteiger partial charge in [0, 0.05) is 55.8 Å². The molecule has 1 amide bonds. The number of amides is 1. The third-order valence-corrected chi connectivity index (χ3v) is 16.2. The van der Waals surface area contributed by atoms with Crippen LogP contribution < -0.4 is 0 Å². The fraction of sp³-hybridized carbons (Fsp3) is 0.333. The summed E-state index contributed by atoms with van der Waals surface area (Å²) in [7, 11) is 3.28. The largest absolute Gasteiger partial charge is 0.466 e. The molecule has 3 aromatic rings. The molecule has 3 atom stereocenters. The fourth-order valence-corrected chi connectivity index (χ4v) is 9.76. The summed E-state index contributed by atoms with van der Waals surface area (Å²) >= 11 is 15.8. The van der Waals surface area contributed by atoms with Crippen LogP contribution >= 0.6 is 39.1 Å². The van der Waals surface area contributed by atoms with Crippen LogP contribution in [0.4, 0.5) is 4.39 Å². The van der Waals surface area contributed by atoms with E-state index in [1.165, 1.54) is 18.1 Å². The molecule has 1 aliphatic heterocycles. The van der Waals surface area contributed by atoms with E-state index in [1.807, 2.05) is 0 Å². The van der Waals surface area contributed by atoms with Gasteiger partial charge >= 0.3 is 5.97 Å². The summed E-state index contributed by atoms with van der Waals surface area (Å²) in [6.07, 6.45) is 0. The first-order valence-electron chi connectivity index (χ1n) is 13.1. The number of benzene rings is 3. The summed E-state index contributed by atoms with van der Waals surface area (Å²) < 4.78 is 28.5. The van der Waals surface area contributed by atoms with Crippen LogP contribution in [0.15, 0.2) is 65.1 Å². The topological polar surface area (TPSA) is 55.8 Å². The first-order valence-corrected chi connectivity index (χ1v) is 19.2. The summed E-state index contributed by atoms with van der Waals surface area (Å²) in [5.41, 5.74) is -0.425. The molecule has 0 aromatic heterocycles. The van der Waals surface area contributed by atoms with E-state index in [2.05, 4.69) is 35.6 Å². The lowest BCUT2D eigenvalue weighted by molar-refractivity contribution is -0.155. The predicted molar refractivity (Wildman–Crippen MR) is 171 cm³/mol. The molecular weight excluding hydrogens is 692 g/mol. The molecule has 1 heterocycles. The van der Waals surface area contributed by atoms with Gasteiger partial charge in [0.1, 0.15) is 5.82 Å². The van der Waals surface area contributed by atoms with Crippen molar-refractivity contribution in [2.24, 2.45) is 5.92 Å². The Labute approximate surface area is 272 Å². The van der Waals surface area contributed by atoms with Crippen molar-refractivity contribution >= 4 is 79.6 Å². The van der Waals surface area contributed by atoms with E-state index in [4.69, 9.17) is 32.7 Å². The van der Waals surface area contributed by atoms with E-state index >= 15 is 4.39 Å². The first-order chi connectivity index (χ1) is 20.0. The van der Waals surface area contributed by atoms with Crippen LogP contribution in [0.1, 0.15) is 40.0 Å². The lowest BCUT2D eigenvalue weighted by atomic mass is 9.88. The number of carbonyl (C=O) groups is 2. The molecule has 0 spiro atoms. The minimum atomic E-state index is -1.72. The number of methoxy groups -OCH3 is 1. The van der Waals surface area contributed by atoms with E-state index in [0.29, 0.717) is 60.8 Å². The van der Waals surface area contributed by atoms with Crippen LogP contribution in [0, 0.1) is 11.7 Å². The fourth-order valence-electron chi connectivity index (χ4n) is 5.43. The SMILES string of the molecule is CO[C@@]1(c2ccc(Cl)cc2)c2c(F)cc(Br)cc2C(=O)N1[C@H](c1ccc(Cl)cc1)[C@H](C)C(=O)OCC([Si]C)([Si]C)[Si]C. The maximum atomic E-state index is 16.0. The molecule has 42 heavy (non-hydrogen) atoms. The van der Waals surface area contributed by atoms with Gasteiger partial charge in [-0.2, -0.15) is 0 Å². The Morgan fingerprint density at radius 3 is 2.10 bits per heavy atom. The number of hydrogen-bond donors (Lipinski definition) is 0. The number of halogens is 4. The van der Waals surface area contributed by atoms with Gasteiger partial charge in [-0.15, -0.1) is 0 Å². The van der Waals surface area contributed by atoms with E-state index < -0.39 is 35.4 Å². The Hall–Kier alpha value is -1.80. The third-order valence-electron chi connectivity index (χ3n) is 7.76. The lowest BCUT2D eigenvalue weighted by Crippen LogP contribution is -2.51. The van der Waals surface area contributed by atoms with Crippen molar-refractivity contribution in [1.29, 1.82) is 0 Å². The zero-order chi connectivity index (χ0) is 30.8. The summed E-state index contributed by atoms with van der Waals surface area (Å²) in [5.74, 6) is -2.42. The van der Waals surface area contributed by atoms with Gasteiger partial charge < -0.3 is 9.47 Å². The molecule has 1 aliphatic rings. The Bertz CT molecular complexity index is 1450. The number of hydrogen-bond acceptors (Lipinski definition) is 4. The maximum Gasteiger partial charge on any atom is 0.311 e. The number of esters is 1. The van der Waals surface area contributed by atoms with Crippen molar-refractivity contribution in [1.82, 2.24) is 4.90 Å². The highest BCUT2D eigenvalue weighted by Gasteiger charge is 2.58. The van der Waals surface area contributed by atoms with Crippen molar-refractivity contribution in [3.63, 3.8) is 0 Å². The van der Waals surface area contributed by atoms with Crippen LogP contribution in [0.2, 0.25) is 34.0 Å². The number of fused-ring (bicyclic) bond motifs is 1. The Balaban J connectivity index is 1.93. The average Bonchev–Trinajstić information content (AvgIpc) is 3.23. The molecule has 0 bridgehead atoms. The first kappa shape index (κ1) is 33.1. The summed E-state index contributed by atoms with van der Waals surface area (Å²) in [6, 6.07) is 15.6. The van der Waals surface area contributed by atoms with Gasteiger partial charge in [0.2, 0.25) is 0 Å². The van der Waals surface area contributed by atoms with Crippen molar-refractivity contribution in [3.8, 4) is 0 Å². The smallest absolute Gasteiger partial charge is 0.311 e. The molecule has 218 valence electrons. The number of rotatable bonds is 11. The van der Waals surface area contributed by atoms with Gasteiger partial charge in [0.15, 0.2) is 5.72 Å². The standard InChI is InChI=1S/C30H29BrCl2FNO4Si3/c1-17(28(37)39-16-29(40-3,41-4)42-5)26(18-6-10-21(32)11-7-18)35-27(36)23-14-20(31)15-24(34)25(23)30(35,38-2)19-8-12-22(33)13-9-19/h6-15,17,26H,16H2,1-5H3/t17-,26-,30-/m0/s1. The highest BCUT2D eigenvalue weighted by Crippen LogP contribution is 2.52. The number of nitrogens with zero attached hydrogens (tertiary/aromatic N) is 1. The van der Waals surface area contributed by atoms with Gasteiger partial charge in [-0.1, -0.05) is 83.0 Å². The minimum absolute atomic E-state index is 0.0557. The molecule has 0 unspecified atom stereocenters. The van der Waals surface area contributed by atoms with Gasteiger partial charge in [-0.05, 0) is 53.2 Å². The van der Waals surface area contributed by atoms with Crippen LogP contribution in [0.5, 0.6) is 0 Å². The third kappa shape index (κ3) is 5.96. The average molecular weight is 722 g/mol. The highest BCUT2D eigenvalue weighted by molar-refractivity contribution is 9.10. The molecule has 0 aliphatic carbocycles. The molecule has 5 nitrogen and oxygen atoms in total. The van der Waals surface area contributed by atoms with Crippen molar-refractivity contribution in [3.05, 3.63) is 103 Å². The normalized spacial score (nSPS) is 18.1. The Morgan fingerprint density at radius 1 is 1.02 bits per heavy atom. The predicted octanol–water partition coefficient (Wildman–Crippen LogP) is 7.45. The Kier molecular flexibility index (Phi) is 10.6. The zero-order valence-corrected chi connectivity index (χ0v) is 29.8. The molecule has 0 fully saturated rings. The minimum Gasteiger partial charge on any atom is -0.466 e. The van der Waals surface area contributed by atoms with Crippen molar-refractivity contribution in [2.75, 3.05) is 13.7 Å². The summed E-state index contributed by atoms with van der Waals surface area (Å²) in [6.45, 7) is 8.42. The van der Waals surface area contributed by atoms with E-state index in [9.17, 15) is 9.59 Å². The second kappa shape index (κ2) is 13.5.